The van der Waals surface area contributed by atoms with Crippen molar-refractivity contribution in [3.05, 3.63) is 58.7 Å². The largest absolute Gasteiger partial charge is 0.249 e. The summed E-state index contributed by atoms with van der Waals surface area (Å²) in [4.78, 5) is 0. The van der Waals surface area contributed by atoms with Crippen molar-refractivity contribution in [3.63, 3.8) is 0 Å². The molecule has 0 aromatic heterocycles. The normalized spacial score (nSPS) is 10.7. The summed E-state index contributed by atoms with van der Waals surface area (Å²) in [5.41, 5.74) is 7.65. The van der Waals surface area contributed by atoms with Gasteiger partial charge in [-0.15, -0.1) is 0 Å². The summed E-state index contributed by atoms with van der Waals surface area (Å²) < 4.78 is 0. The minimum Gasteiger partial charge on any atom is -0.249 e. The molecule has 0 N–H and O–H groups in total. The Morgan fingerprint density at radius 3 is 1.05 bits per heavy atom. The van der Waals surface area contributed by atoms with E-state index in [-0.39, 0.29) is 0 Å². The highest BCUT2D eigenvalue weighted by atomic mass is 14.9. The summed E-state index contributed by atoms with van der Waals surface area (Å²) in [6, 6.07) is 13.4. The number of hydrogen-bond donors (Lipinski definition) is 0. The van der Waals surface area contributed by atoms with E-state index in [0.29, 0.717) is 0 Å². The van der Waals surface area contributed by atoms with E-state index in [1.165, 1.54) is 22.3 Å². The van der Waals surface area contributed by atoms with Crippen molar-refractivity contribution in [1.82, 2.24) is 5.32 Å². The molecular formula is C20H26N. The lowest BCUT2D eigenvalue weighted by Gasteiger charge is -2.11. The first kappa shape index (κ1) is 15.6. The standard InChI is InChI=1S/C20H26N/c1-5-15-9-16(6-2)12-19(11-15)21-20-13-17(7-3)10-18(8-4)14-20/h9-14H,5-8H2,1-4H3. The van der Waals surface area contributed by atoms with E-state index >= 15 is 0 Å². The molecule has 1 heteroatoms. The molecule has 2 rings (SSSR count). The minimum atomic E-state index is 1.06. The molecule has 1 radical (unpaired) electrons. The fraction of sp³-hybridized carbons (Fsp3) is 0.400. The fourth-order valence-corrected chi connectivity index (χ4v) is 2.58. The molecule has 0 aliphatic heterocycles. The third-order valence-corrected chi connectivity index (χ3v) is 3.97. The van der Waals surface area contributed by atoms with Gasteiger partial charge in [0, 0.05) is 0 Å². The third-order valence-electron chi connectivity index (χ3n) is 3.97. The van der Waals surface area contributed by atoms with Crippen LogP contribution in [0.3, 0.4) is 0 Å². The Balaban J connectivity index is 2.32. The highest BCUT2D eigenvalue weighted by molar-refractivity contribution is 5.54. The van der Waals surface area contributed by atoms with Crippen molar-refractivity contribution in [3.8, 4) is 0 Å². The lowest BCUT2D eigenvalue weighted by molar-refractivity contribution is 1.05. The van der Waals surface area contributed by atoms with Crippen LogP contribution in [0.4, 0.5) is 11.4 Å². The number of rotatable bonds is 6. The lowest BCUT2D eigenvalue weighted by Crippen LogP contribution is -1.96. The number of hydrogen-bond acceptors (Lipinski definition) is 0. The molecule has 0 spiro atoms. The van der Waals surface area contributed by atoms with Crippen molar-refractivity contribution < 1.29 is 0 Å². The maximum atomic E-state index is 4.88. The average molecular weight is 280 g/mol. The smallest absolute Gasteiger partial charge is 0.0642 e. The molecule has 111 valence electrons. The summed E-state index contributed by atoms with van der Waals surface area (Å²) in [6.45, 7) is 8.80. The Hall–Kier alpha value is -1.76. The quantitative estimate of drug-likeness (QED) is 0.663. The van der Waals surface area contributed by atoms with Gasteiger partial charge in [0.15, 0.2) is 0 Å². The third kappa shape index (κ3) is 4.10. The van der Waals surface area contributed by atoms with Gasteiger partial charge in [-0.2, -0.15) is 0 Å². The van der Waals surface area contributed by atoms with E-state index in [2.05, 4.69) is 64.1 Å². The monoisotopic (exact) mass is 280 g/mol. The molecule has 21 heavy (non-hydrogen) atoms. The zero-order valence-electron chi connectivity index (χ0n) is 13.7. The number of aryl methyl sites for hydroxylation is 4. The van der Waals surface area contributed by atoms with E-state index in [0.717, 1.165) is 37.1 Å². The Bertz CT molecular complexity index is 501. The van der Waals surface area contributed by atoms with Crippen LogP contribution in [0.1, 0.15) is 49.9 Å². The lowest BCUT2D eigenvalue weighted by atomic mass is 10.0. The Labute approximate surface area is 129 Å². The average Bonchev–Trinajstić information content (AvgIpc) is 2.53. The van der Waals surface area contributed by atoms with Crippen LogP contribution >= 0.6 is 0 Å². The van der Waals surface area contributed by atoms with Gasteiger partial charge in [0.05, 0.1) is 11.4 Å². The molecule has 0 heterocycles. The molecular weight excluding hydrogens is 254 g/mol. The Morgan fingerprint density at radius 1 is 0.524 bits per heavy atom. The van der Waals surface area contributed by atoms with Crippen molar-refractivity contribution in [2.45, 2.75) is 53.4 Å². The first-order valence-electron chi connectivity index (χ1n) is 8.15. The van der Waals surface area contributed by atoms with Gasteiger partial charge >= 0.3 is 0 Å². The van der Waals surface area contributed by atoms with Crippen LogP contribution in [0.5, 0.6) is 0 Å². The van der Waals surface area contributed by atoms with Crippen LogP contribution in [-0.2, 0) is 25.7 Å². The van der Waals surface area contributed by atoms with Crippen LogP contribution in [0, 0.1) is 0 Å². The van der Waals surface area contributed by atoms with Crippen molar-refractivity contribution in [1.29, 1.82) is 0 Å². The molecule has 0 bridgehead atoms. The molecule has 0 aliphatic rings. The van der Waals surface area contributed by atoms with Crippen molar-refractivity contribution in [2.75, 3.05) is 0 Å². The maximum Gasteiger partial charge on any atom is 0.0642 e. The van der Waals surface area contributed by atoms with Gasteiger partial charge in [0.2, 0.25) is 0 Å². The molecule has 0 unspecified atom stereocenters. The second kappa shape index (κ2) is 7.31. The minimum absolute atomic E-state index is 1.06. The molecule has 0 fully saturated rings. The van der Waals surface area contributed by atoms with Crippen LogP contribution in [0.15, 0.2) is 36.4 Å². The zero-order valence-corrected chi connectivity index (χ0v) is 13.7. The molecule has 0 amide bonds. The predicted octanol–water partition coefficient (Wildman–Crippen LogP) is 5.50. The van der Waals surface area contributed by atoms with Gasteiger partial charge < -0.3 is 0 Å². The van der Waals surface area contributed by atoms with Gasteiger partial charge in [-0.1, -0.05) is 39.8 Å². The highest BCUT2D eigenvalue weighted by Crippen LogP contribution is 2.24. The van der Waals surface area contributed by atoms with Crippen LogP contribution < -0.4 is 5.32 Å². The number of benzene rings is 2. The van der Waals surface area contributed by atoms with Crippen LogP contribution in [0.25, 0.3) is 0 Å². The van der Waals surface area contributed by atoms with E-state index in [1.807, 2.05) is 0 Å². The van der Waals surface area contributed by atoms with Gasteiger partial charge in [-0.05, 0) is 72.2 Å². The molecule has 0 saturated carbocycles. The van der Waals surface area contributed by atoms with Gasteiger partial charge in [0.25, 0.3) is 0 Å². The predicted molar refractivity (Wildman–Crippen MR) is 91.9 cm³/mol. The summed E-state index contributed by atoms with van der Waals surface area (Å²) in [5, 5.41) is 4.88. The molecule has 1 nitrogen and oxygen atoms in total. The van der Waals surface area contributed by atoms with Crippen molar-refractivity contribution >= 4 is 11.4 Å². The summed E-state index contributed by atoms with van der Waals surface area (Å²) in [6.07, 6.45) is 4.24. The summed E-state index contributed by atoms with van der Waals surface area (Å²) in [7, 11) is 0. The molecule has 0 saturated heterocycles. The summed E-state index contributed by atoms with van der Waals surface area (Å²) >= 11 is 0. The fourth-order valence-electron chi connectivity index (χ4n) is 2.58. The van der Waals surface area contributed by atoms with E-state index in [9.17, 15) is 0 Å². The first-order valence-corrected chi connectivity index (χ1v) is 8.15. The van der Waals surface area contributed by atoms with E-state index < -0.39 is 0 Å². The van der Waals surface area contributed by atoms with E-state index in [4.69, 9.17) is 5.32 Å². The zero-order chi connectivity index (χ0) is 15.2. The van der Waals surface area contributed by atoms with Gasteiger partial charge in [-0.25, -0.2) is 5.32 Å². The second-order valence-corrected chi connectivity index (χ2v) is 5.54. The second-order valence-electron chi connectivity index (χ2n) is 5.54. The highest BCUT2D eigenvalue weighted by Gasteiger charge is 2.04. The maximum absolute atomic E-state index is 4.88. The Morgan fingerprint density at radius 2 is 0.810 bits per heavy atom. The molecule has 2 aromatic rings. The Kier molecular flexibility index (Phi) is 5.44. The molecule has 0 aliphatic carbocycles. The topological polar surface area (TPSA) is 14.1 Å². The summed E-state index contributed by atoms with van der Waals surface area (Å²) in [5.74, 6) is 0. The van der Waals surface area contributed by atoms with Crippen LogP contribution in [0.2, 0.25) is 0 Å². The first-order chi connectivity index (χ1) is 10.2. The molecule has 2 aromatic carbocycles. The van der Waals surface area contributed by atoms with E-state index in [1.54, 1.807) is 0 Å². The number of nitrogens with zero attached hydrogens (tertiary/aromatic N) is 1. The van der Waals surface area contributed by atoms with Gasteiger partial charge in [0.1, 0.15) is 0 Å². The SMILES string of the molecule is CCc1cc(CC)cc([N]c2cc(CC)cc(CC)c2)c1. The van der Waals surface area contributed by atoms with Crippen LogP contribution in [-0.4, -0.2) is 0 Å². The van der Waals surface area contributed by atoms with Gasteiger partial charge in [-0.3, -0.25) is 0 Å². The molecule has 0 atom stereocenters. The van der Waals surface area contributed by atoms with Crippen molar-refractivity contribution in [2.24, 2.45) is 0 Å².